The van der Waals surface area contributed by atoms with E-state index in [1.54, 1.807) is 20.0 Å². The SMILES string of the molecule is C=C(C)/C=C(C#N)\C(C)=N/C. The monoisotopic (exact) mass is 148 g/mol. The molecule has 0 radical (unpaired) electrons. The molecule has 0 aliphatic rings. The first-order valence-corrected chi connectivity index (χ1v) is 3.33. The van der Waals surface area contributed by atoms with Gasteiger partial charge in [-0.15, -0.1) is 0 Å². The van der Waals surface area contributed by atoms with Gasteiger partial charge < -0.3 is 0 Å². The van der Waals surface area contributed by atoms with Crippen molar-refractivity contribution in [2.45, 2.75) is 13.8 Å². The molecule has 0 spiro atoms. The average molecular weight is 148 g/mol. The van der Waals surface area contributed by atoms with Crippen molar-refractivity contribution in [1.82, 2.24) is 0 Å². The Hall–Kier alpha value is -1.36. The van der Waals surface area contributed by atoms with E-state index < -0.39 is 0 Å². The molecular weight excluding hydrogens is 136 g/mol. The Bertz CT molecular complexity index is 251. The highest BCUT2D eigenvalue weighted by atomic mass is 14.7. The van der Waals surface area contributed by atoms with Gasteiger partial charge in [0.25, 0.3) is 0 Å². The van der Waals surface area contributed by atoms with Crippen LogP contribution in [0.4, 0.5) is 0 Å². The number of hydrogen-bond donors (Lipinski definition) is 0. The average Bonchev–Trinajstić information content (AvgIpc) is 1.98. The number of allylic oxidation sites excluding steroid dienone is 3. The number of hydrogen-bond acceptors (Lipinski definition) is 2. The third-order valence-electron chi connectivity index (χ3n) is 1.24. The zero-order valence-electron chi connectivity index (χ0n) is 7.18. The minimum absolute atomic E-state index is 0.583. The van der Waals surface area contributed by atoms with Gasteiger partial charge >= 0.3 is 0 Å². The van der Waals surface area contributed by atoms with Crippen LogP contribution >= 0.6 is 0 Å². The number of nitriles is 1. The Morgan fingerprint density at radius 1 is 1.55 bits per heavy atom. The molecule has 0 saturated carbocycles. The van der Waals surface area contributed by atoms with Crippen molar-refractivity contribution in [1.29, 1.82) is 5.26 Å². The molecule has 0 N–H and O–H groups in total. The Kier molecular flexibility index (Phi) is 3.90. The molecule has 0 heterocycles. The lowest BCUT2D eigenvalue weighted by molar-refractivity contribution is 1.40. The van der Waals surface area contributed by atoms with E-state index in [0.29, 0.717) is 5.57 Å². The van der Waals surface area contributed by atoms with Crippen molar-refractivity contribution >= 4 is 5.71 Å². The molecule has 0 aromatic heterocycles. The molecule has 0 amide bonds. The lowest BCUT2D eigenvalue weighted by Crippen LogP contribution is -1.94. The molecule has 58 valence electrons. The second-order valence-corrected chi connectivity index (χ2v) is 2.33. The van der Waals surface area contributed by atoms with Gasteiger partial charge in [-0.1, -0.05) is 12.2 Å². The van der Waals surface area contributed by atoms with E-state index in [9.17, 15) is 0 Å². The van der Waals surface area contributed by atoms with E-state index >= 15 is 0 Å². The lowest BCUT2D eigenvalue weighted by Gasteiger charge is -1.94. The van der Waals surface area contributed by atoms with Gasteiger partial charge in [0.15, 0.2) is 0 Å². The van der Waals surface area contributed by atoms with Crippen molar-refractivity contribution in [3.63, 3.8) is 0 Å². The normalized spacial score (nSPS) is 12.5. The van der Waals surface area contributed by atoms with E-state index in [1.165, 1.54) is 0 Å². The molecule has 0 atom stereocenters. The van der Waals surface area contributed by atoms with E-state index in [4.69, 9.17) is 5.26 Å². The van der Waals surface area contributed by atoms with E-state index in [1.807, 2.05) is 6.92 Å². The lowest BCUT2D eigenvalue weighted by atomic mass is 10.1. The summed E-state index contributed by atoms with van der Waals surface area (Å²) in [6.07, 6.45) is 1.72. The number of rotatable bonds is 2. The van der Waals surface area contributed by atoms with Crippen molar-refractivity contribution in [3.8, 4) is 6.07 Å². The van der Waals surface area contributed by atoms with Crippen LogP contribution in [0.1, 0.15) is 13.8 Å². The highest BCUT2D eigenvalue weighted by Gasteiger charge is 1.97. The van der Waals surface area contributed by atoms with Gasteiger partial charge in [-0.3, -0.25) is 4.99 Å². The Morgan fingerprint density at radius 2 is 2.09 bits per heavy atom. The van der Waals surface area contributed by atoms with Crippen molar-refractivity contribution < 1.29 is 0 Å². The van der Waals surface area contributed by atoms with Crippen LogP contribution in [0.25, 0.3) is 0 Å². The Balaban J connectivity index is 4.72. The fourth-order valence-corrected chi connectivity index (χ4v) is 0.584. The van der Waals surface area contributed by atoms with Crippen molar-refractivity contribution in [2.24, 2.45) is 4.99 Å². The Labute approximate surface area is 67.6 Å². The van der Waals surface area contributed by atoms with Crippen LogP contribution in [0.15, 0.2) is 28.8 Å². The predicted octanol–water partition coefficient (Wildman–Crippen LogP) is 2.10. The Morgan fingerprint density at radius 3 is 2.36 bits per heavy atom. The fourth-order valence-electron chi connectivity index (χ4n) is 0.584. The highest BCUT2D eigenvalue weighted by molar-refractivity contribution is 6.01. The minimum Gasteiger partial charge on any atom is -0.292 e. The fraction of sp³-hybridized carbons (Fsp3) is 0.333. The zero-order chi connectivity index (χ0) is 8.85. The largest absolute Gasteiger partial charge is 0.292 e. The quantitative estimate of drug-likeness (QED) is 0.335. The molecule has 2 nitrogen and oxygen atoms in total. The maximum Gasteiger partial charge on any atom is 0.101 e. The molecular formula is C9H12N2. The first-order valence-electron chi connectivity index (χ1n) is 3.33. The van der Waals surface area contributed by atoms with Crippen molar-refractivity contribution in [3.05, 3.63) is 23.8 Å². The first kappa shape index (κ1) is 9.64. The molecule has 2 heteroatoms. The molecule has 0 aromatic carbocycles. The molecule has 0 aliphatic carbocycles. The molecule has 0 rings (SSSR count). The summed E-state index contributed by atoms with van der Waals surface area (Å²) in [7, 11) is 1.67. The zero-order valence-corrected chi connectivity index (χ0v) is 7.18. The predicted molar refractivity (Wildman–Crippen MR) is 47.5 cm³/mol. The maximum atomic E-state index is 8.64. The molecule has 0 saturated heterocycles. The van der Waals surface area contributed by atoms with E-state index in [0.717, 1.165) is 11.3 Å². The number of aliphatic imine (C=N–C) groups is 1. The molecule has 0 bridgehead atoms. The standard InChI is InChI=1S/C9H12N2/c1-7(2)5-9(6-10)8(3)11-4/h5H,1H2,2-4H3/b9-5-,11-8-. The summed E-state index contributed by atoms with van der Waals surface area (Å²) in [6, 6.07) is 2.05. The summed E-state index contributed by atoms with van der Waals surface area (Å²) < 4.78 is 0. The van der Waals surface area contributed by atoms with Gasteiger partial charge in [-0.25, -0.2) is 0 Å². The minimum atomic E-state index is 0.583. The van der Waals surface area contributed by atoms with Crippen LogP contribution in [0.3, 0.4) is 0 Å². The smallest absolute Gasteiger partial charge is 0.101 e. The van der Waals surface area contributed by atoms with Crippen LogP contribution in [-0.2, 0) is 0 Å². The van der Waals surface area contributed by atoms with Gasteiger partial charge in [0.1, 0.15) is 6.07 Å². The van der Waals surface area contributed by atoms with Gasteiger partial charge in [0.05, 0.1) is 5.57 Å². The van der Waals surface area contributed by atoms with Crippen LogP contribution in [0.5, 0.6) is 0 Å². The maximum absolute atomic E-state index is 8.64. The van der Waals surface area contributed by atoms with Gasteiger partial charge in [0, 0.05) is 12.8 Å². The molecule has 11 heavy (non-hydrogen) atoms. The van der Waals surface area contributed by atoms with Crippen molar-refractivity contribution in [2.75, 3.05) is 7.05 Å². The van der Waals surface area contributed by atoms with Crippen LogP contribution in [0.2, 0.25) is 0 Å². The van der Waals surface area contributed by atoms with E-state index in [-0.39, 0.29) is 0 Å². The first-order chi connectivity index (χ1) is 5.11. The van der Waals surface area contributed by atoms with Gasteiger partial charge in [-0.05, 0) is 19.9 Å². The van der Waals surface area contributed by atoms with Gasteiger partial charge in [-0.2, -0.15) is 5.26 Å². The summed E-state index contributed by atoms with van der Waals surface area (Å²) in [4.78, 5) is 3.90. The summed E-state index contributed by atoms with van der Waals surface area (Å²) in [5.74, 6) is 0. The molecule has 0 aromatic rings. The van der Waals surface area contributed by atoms with Gasteiger partial charge in [0.2, 0.25) is 0 Å². The highest BCUT2D eigenvalue weighted by Crippen LogP contribution is 2.01. The van der Waals surface area contributed by atoms with E-state index in [2.05, 4.69) is 17.6 Å². The second-order valence-electron chi connectivity index (χ2n) is 2.33. The summed E-state index contributed by atoms with van der Waals surface area (Å²) in [5, 5.41) is 8.64. The summed E-state index contributed by atoms with van der Waals surface area (Å²) >= 11 is 0. The summed E-state index contributed by atoms with van der Waals surface area (Å²) in [5.41, 5.74) is 2.19. The topological polar surface area (TPSA) is 36.1 Å². The molecule has 0 fully saturated rings. The third kappa shape index (κ3) is 3.36. The molecule has 0 aliphatic heterocycles. The van der Waals surface area contributed by atoms with Crippen LogP contribution in [-0.4, -0.2) is 12.8 Å². The number of nitrogens with zero attached hydrogens (tertiary/aromatic N) is 2. The molecule has 0 unspecified atom stereocenters. The van der Waals surface area contributed by atoms with Crippen LogP contribution in [0, 0.1) is 11.3 Å². The second kappa shape index (κ2) is 4.45. The summed E-state index contributed by atoms with van der Waals surface area (Å²) in [6.45, 7) is 7.33. The third-order valence-corrected chi connectivity index (χ3v) is 1.24. The van der Waals surface area contributed by atoms with Crippen LogP contribution < -0.4 is 0 Å².